The van der Waals surface area contributed by atoms with Crippen molar-refractivity contribution < 1.29 is 33.0 Å². The Labute approximate surface area is 118 Å². The Hall–Kier alpha value is -2.22. The van der Waals surface area contributed by atoms with Crippen LogP contribution in [0.5, 0.6) is 5.75 Å². The van der Waals surface area contributed by atoms with Crippen LogP contribution < -0.4 is 10.1 Å². The third-order valence-corrected chi connectivity index (χ3v) is 2.93. The van der Waals surface area contributed by atoms with Crippen molar-refractivity contribution in [3.05, 3.63) is 24.3 Å². The fourth-order valence-electron chi connectivity index (χ4n) is 1.95. The number of carbonyl (C=O) groups is 2. The predicted molar refractivity (Wildman–Crippen MR) is 67.2 cm³/mol. The molecule has 0 spiro atoms. The molecular formula is C13H13F2NO5. The first-order valence-corrected chi connectivity index (χ1v) is 6.19. The number of amides is 1. The molecule has 6 nitrogen and oxygen atoms in total. The Balaban J connectivity index is 1.89. The molecule has 0 aromatic heterocycles. The molecule has 1 aromatic carbocycles. The fraction of sp³-hybridized carbons (Fsp3) is 0.385. The van der Waals surface area contributed by atoms with Gasteiger partial charge in [0, 0.05) is 5.69 Å². The van der Waals surface area contributed by atoms with Gasteiger partial charge in [-0.05, 0) is 37.1 Å². The Morgan fingerprint density at radius 2 is 1.86 bits per heavy atom. The van der Waals surface area contributed by atoms with Gasteiger partial charge in [-0.3, -0.25) is 4.79 Å². The third kappa shape index (κ3) is 4.12. The van der Waals surface area contributed by atoms with Crippen LogP contribution >= 0.6 is 0 Å². The Morgan fingerprint density at radius 1 is 1.24 bits per heavy atom. The van der Waals surface area contributed by atoms with Gasteiger partial charge in [-0.15, -0.1) is 0 Å². The first-order chi connectivity index (χ1) is 9.95. The van der Waals surface area contributed by atoms with Gasteiger partial charge in [-0.1, -0.05) is 0 Å². The molecular weight excluding hydrogens is 288 g/mol. The maximum atomic E-state index is 12.0. The summed E-state index contributed by atoms with van der Waals surface area (Å²) in [5, 5.41) is 11.3. The average Bonchev–Trinajstić information content (AvgIpc) is 2.90. The van der Waals surface area contributed by atoms with Gasteiger partial charge >= 0.3 is 12.6 Å². The summed E-state index contributed by atoms with van der Waals surface area (Å²) in [5.74, 6) is -1.59. The SMILES string of the molecule is O=C(Nc1ccc(OC(F)F)cc1)[C@@H]1CC[C@H](C(=O)O)O1. The Morgan fingerprint density at radius 3 is 2.38 bits per heavy atom. The Kier molecular flexibility index (Phi) is 4.69. The minimum atomic E-state index is -2.91. The summed E-state index contributed by atoms with van der Waals surface area (Å²) >= 11 is 0. The summed E-state index contributed by atoms with van der Waals surface area (Å²) in [6, 6.07) is 5.38. The van der Waals surface area contributed by atoms with Crippen LogP contribution in [0.15, 0.2) is 24.3 Å². The number of rotatable bonds is 5. The van der Waals surface area contributed by atoms with Crippen molar-refractivity contribution in [2.24, 2.45) is 0 Å². The van der Waals surface area contributed by atoms with Gasteiger partial charge in [0.25, 0.3) is 5.91 Å². The second-order valence-corrected chi connectivity index (χ2v) is 4.42. The molecule has 2 rings (SSSR count). The lowest BCUT2D eigenvalue weighted by Gasteiger charge is -2.12. The normalized spacial score (nSPS) is 21.3. The number of carboxylic acids is 1. The highest BCUT2D eigenvalue weighted by Gasteiger charge is 2.34. The van der Waals surface area contributed by atoms with Gasteiger partial charge in [0.05, 0.1) is 0 Å². The van der Waals surface area contributed by atoms with E-state index in [9.17, 15) is 18.4 Å². The summed E-state index contributed by atoms with van der Waals surface area (Å²) in [6.07, 6.45) is -1.21. The smallest absolute Gasteiger partial charge is 0.387 e. The largest absolute Gasteiger partial charge is 0.479 e. The summed E-state index contributed by atoms with van der Waals surface area (Å²) < 4.78 is 33.2. The summed E-state index contributed by atoms with van der Waals surface area (Å²) in [7, 11) is 0. The second-order valence-electron chi connectivity index (χ2n) is 4.42. The third-order valence-electron chi connectivity index (χ3n) is 2.93. The number of nitrogens with one attached hydrogen (secondary N) is 1. The molecule has 2 atom stereocenters. The molecule has 1 saturated heterocycles. The number of carbonyl (C=O) groups excluding carboxylic acids is 1. The quantitative estimate of drug-likeness (QED) is 0.867. The monoisotopic (exact) mass is 301 g/mol. The maximum Gasteiger partial charge on any atom is 0.387 e. The molecule has 8 heteroatoms. The molecule has 114 valence electrons. The molecule has 1 amide bonds. The highest BCUT2D eigenvalue weighted by molar-refractivity contribution is 5.94. The molecule has 0 bridgehead atoms. The van der Waals surface area contributed by atoms with Crippen LogP contribution in [0.2, 0.25) is 0 Å². The van der Waals surface area contributed by atoms with E-state index in [2.05, 4.69) is 10.1 Å². The molecule has 1 aromatic rings. The number of alkyl halides is 2. The predicted octanol–water partition coefficient (Wildman–Crippen LogP) is 1.86. The number of aliphatic carboxylic acids is 1. The van der Waals surface area contributed by atoms with Crippen molar-refractivity contribution in [2.45, 2.75) is 31.7 Å². The van der Waals surface area contributed by atoms with E-state index in [4.69, 9.17) is 9.84 Å². The van der Waals surface area contributed by atoms with E-state index < -0.39 is 30.7 Å². The average molecular weight is 301 g/mol. The van der Waals surface area contributed by atoms with Crippen LogP contribution in [0, 0.1) is 0 Å². The first-order valence-electron chi connectivity index (χ1n) is 6.19. The fourth-order valence-corrected chi connectivity index (χ4v) is 1.95. The van der Waals surface area contributed by atoms with Crippen molar-refractivity contribution >= 4 is 17.6 Å². The van der Waals surface area contributed by atoms with Gasteiger partial charge in [0.2, 0.25) is 0 Å². The molecule has 0 unspecified atom stereocenters. The van der Waals surface area contributed by atoms with E-state index >= 15 is 0 Å². The summed E-state index contributed by atoms with van der Waals surface area (Å²) in [6.45, 7) is -2.91. The zero-order chi connectivity index (χ0) is 15.4. The number of carboxylic acid groups (broad SMARTS) is 1. The maximum absolute atomic E-state index is 12.0. The van der Waals surface area contributed by atoms with E-state index in [1.807, 2.05) is 0 Å². The second kappa shape index (κ2) is 6.49. The molecule has 0 radical (unpaired) electrons. The number of anilines is 1. The van der Waals surface area contributed by atoms with Crippen LogP contribution in [0.1, 0.15) is 12.8 Å². The van der Waals surface area contributed by atoms with Crippen molar-refractivity contribution in [1.82, 2.24) is 0 Å². The van der Waals surface area contributed by atoms with Gasteiger partial charge in [-0.2, -0.15) is 8.78 Å². The van der Waals surface area contributed by atoms with Crippen molar-refractivity contribution in [3.63, 3.8) is 0 Å². The minimum Gasteiger partial charge on any atom is -0.479 e. The van der Waals surface area contributed by atoms with Crippen molar-refractivity contribution in [2.75, 3.05) is 5.32 Å². The van der Waals surface area contributed by atoms with Gasteiger partial charge in [0.15, 0.2) is 6.10 Å². The highest BCUT2D eigenvalue weighted by atomic mass is 19.3. The minimum absolute atomic E-state index is 0.0222. The van der Waals surface area contributed by atoms with E-state index in [-0.39, 0.29) is 12.2 Å². The first kappa shape index (κ1) is 15.2. The molecule has 0 aliphatic carbocycles. The molecule has 1 fully saturated rings. The molecule has 1 heterocycles. The lowest BCUT2D eigenvalue weighted by Crippen LogP contribution is -2.29. The topological polar surface area (TPSA) is 84.9 Å². The van der Waals surface area contributed by atoms with Crippen LogP contribution in [-0.2, 0) is 14.3 Å². The number of halogens is 2. The van der Waals surface area contributed by atoms with E-state index in [0.717, 1.165) is 0 Å². The molecule has 21 heavy (non-hydrogen) atoms. The van der Waals surface area contributed by atoms with Gasteiger partial charge in [0.1, 0.15) is 11.9 Å². The molecule has 2 N–H and O–H groups in total. The number of hydrogen-bond donors (Lipinski definition) is 2. The zero-order valence-electron chi connectivity index (χ0n) is 10.8. The van der Waals surface area contributed by atoms with E-state index in [1.54, 1.807) is 0 Å². The highest BCUT2D eigenvalue weighted by Crippen LogP contribution is 2.22. The van der Waals surface area contributed by atoms with Crippen LogP contribution in [0.25, 0.3) is 0 Å². The lowest BCUT2D eigenvalue weighted by molar-refractivity contribution is -0.150. The molecule has 0 saturated carbocycles. The zero-order valence-corrected chi connectivity index (χ0v) is 10.8. The molecule has 1 aliphatic rings. The number of ether oxygens (including phenoxy) is 2. The summed E-state index contributed by atoms with van der Waals surface area (Å²) in [4.78, 5) is 22.6. The molecule has 1 aliphatic heterocycles. The van der Waals surface area contributed by atoms with Gasteiger partial charge < -0.3 is 19.9 Å². The van der Waals surface area contributed by atoms with Crippen molar-refractivity contribution in [1.29, 1.82) is 0 Å². The van der Waals surface area contributed by atoms with Crippen LogP contribution in [-0.4, -0.2) is 35.8 Å². The number of benzene rings is 1. The van der Waals surface area contributed by atoms with E-state index in [1.165, 1.54) is 24.3 Å². The summed E-state index contributed by atoms with van der Waals surface area (Å²) in [5.41, 5.74) is 0.379. The Bertz CT molecular complexity index is 520. The van der Waals surface area contributed by atoms with Crippen LogP contribution in [0.3, 0.4) is 0 Å². The number of hydrogen-bond acceptors (Lipinski definition) is 4. The van der Waals surface area contributed by atoms with E-state index in [0.29, 0.717) is 12.1 Å². The van der Waals surface area contributed by atoms with Crippen molar-refractivity contribution in [3.8, 4) is 5.75 Å². The standard InChI is InChI=1S/C13H13F2NO5/c14-13(15)20-8-3-1-7(2-4-8)16-11(17)9-5-6-10(21-9)12(18)19/h1-4,9-10,13H,5-6H2,(H,16,17)(H,18,19)/t9-,10+/m0/s1. The van der Waals surface area contributed by atoms with Gasteiger partial charge in [-0.25, -0.2) is 4.79 Å². The lowest BCUT2D eigenvalue weighted by atomic mass is 10.2. The van der Waals surface area contributed by atoms with Crippen LogP contribution in [0.4, 0.5) is 14.5 Å².